The minimum Gasteiger partial charge on any atom is -0.357 e. The van der Waals surface area contributed by atoms with Gasteiger partial charge >= 0.3 is 0 Å². The third kappa shape index (κ3) is 1.75. The van der Waals surface area contributed by atoms with Crippen LogP contribution in [0.3, 0.4) is 0 Å². The Balaban J connectivity index is 2.22. The molecule has 0 aliphatic carbocycles. The van der Waals surface area contributed by atoms with Crippen LogP contribution < -0.4 is 4.90 Å². The van der Waals surface area contributed by atoms with Crippen molar-refractivity contribution in [3.05, 3.63) is 29.8 Å². The van der Waals surface area contributed by atoms with E-state index in [-0.39, 0.29) is 0 Å². The normalized spacial score (nSPS) is 17.7. The molecule has 1 heterocycles. The highest BCUT2D eigenvalue weighted by molar-refractivity contribution is 5.54. The SMILES string of the molecule is CCc1ccccc1N1CCN(C)C1. The van der Waals surface area contributed by atoms with E-state index in [4.69, 9.17) is 0 Å². The summed E-state index contributed by atoms with van der Waals surface area (Å²) in [6.45, 7) is 5.63. The lowest BCUT2D eigenvalue weighted by Crippen LogP contribution is -2.23. The predicted molar refractivity (Wildman–Crippen MR) is 60.7 cm³/mol. The first-order valence-corrected chi connectivity index (χ1v) is 5.32. The number of aryl methyl sites for hydroxylation is 1. The summed E-state index contributed by atoms with van der Waals surface area (Å²) in [5.74, 6) is 0. The number of hydrogen-bond donors (Lipinski definition) is 0. The Morgan fingerprint density at radius 3 is 2.64 bits per heavy atom. The Morgan fingerprint density at radius 1 is 1.21 bits per heavy atom. The average Bonchev–Trinajstić information content (AvgIpc) is 2.65. The van der Waals surface area contributed by atoms with Gasteiger partial charge in [-0.25, -0.2) is 0 Å². The topological polar surface area (TPSA) is 6.48 Å². The van der Waals surface area contributed by atoms with Crippen molar-refractivity contribution in [1.82, 2.24) is 4.90 Å². The Morgan fingerprint density at radius 2 is 2.00 bits per heavy atom. The fourth-order valence-corrected chi connectivity index (χ4v) is 2.04. The molecule has 0 bridgehead atoms. The fraction of sp³-hybridized carbons (Fsp3) is 0.500. The molecule has 0 radical (unpaired) electrons. The minimum atomic E-state index is 1.07. The summed E-state index contributed by atoms with van der Waals surface area (Å²) in [5.41, 5.74) is 2.88. The van der Waals surface area contributed by atoms with E-state index in [0.29, 0.717) is 0 Å². The summed E-state index contributed by atoms with van der Waals surface area (Å²) in [7, 11) is 2.18. The molecule has 0 atom stereocenters. The second-order valence-electron chi connectivity index (χ2n) is 3.97. The van der Waals surface area contributed by atoms with Gasteiger partial charge in [0.2, 0.25) is 0 Å². The summed E-state index contributed by atoms with van der Waals surface area (Å²) in [6, 6.07) is 8.72. The highest BCUT2D eigenvalue weighted by Crippen LogP contribution is 2.22. The van der Waals surface area contributed by atoms with Gasteiger partial charge in [-0.05, 0) is 25.1 Å². The summed E-state index contributed by atoms with van der Waals surface area (Å²) >= 11 is 0. The molecule has 0 spiro atoms. The number of anilines is 1. The van der Waals surface area contributed by atoms with E-state index in [9.17, 15) is 0 Å². The first kappa shape index (κ1) is 9.53. The molecule has 0 N–H and O–H groups in total. The maximum atomic E-state index is 2.46. The maximum Gasteiger partial charge on any atom is 0.0705 e. The molecule has 2 nitrogen and oxygen atoms in total. The molecule has 2 heteroatoms. The summed E-state index contributed by atoms with van der Waals surface area (Å²) in [5, 5.41) is 0. The molecule has 1 saturated heterocycles. The molecule has 0 saturated carbocycles. The lowest BCUT2D eigenvalue weighted by Gasteiger charge is -2.21. The van der Waals surface area contributed by atoms with E-state index in [1.807, 2.05) is 0 Å². The quantitative estimate of drug-likeness (QED) is 0.703. The first-order valence-electron chi connectivity index (χ1n) is 5.32. The van der Waals surface area contributed by atoms with Crippen LogP contribution in [-0.4, -0.2) is 31.7 Å². The fourth-order valence-electron chi connectivity index (χ4n) is 2.04. The van der Waals surface area contributed by atoms with E-state index in [1.165, 1.54) is 17.8 Å². The van der Waals surface area contributed by atoms with Crippen LogP contribution in [0, 0.1) is 0 Å². The Hall–Kier alpha value is -1.02. The predicted octanol–water partition coefficient (Wildman–Crippen LogP) is 1.96. The number of likely N-dealkylation sites (N-methyl/N-ethyl adjacent to an activating group) is 1. The molecule has 2 rings (SSSR count). The van der Waals surface area contributed by atoms with Crippen molar-refractivity contribution < 1.29 is 0 Å². The monoisotopic (exact) mass is 190 g/mol. The van der Waals surface area contributed by atoms with Crippen molar-refractivity contribution in [1.29, 1.82) is 0 Å². The molecule has 1 fully saturated rings. The lowest BCUT2D eigenvalue weighted by molar-refractivity contribution is 0.421. The first-order chi connectivity index (χ1) is 6.81. The van der Waals surface area contributed by atoms with Crippen LogP contribution in [-0.2, 0) is 6.42 Å². The van der Waals surface area contributed by atoms with Gasteiger partial charge in [0.25, 0.3) is 0 Å². The smallest absolute Gasteiger partial charge is 0.0705 e. The van der Waals surface area contributed by atoms with E-state index in [1.54, 1.807) is 0 Å². The van der Waals surface area contributed by atoms with Gasteiger partial charge in [0.05, 0.1) is 6.67 Å². The maximum absolute atomic E-state index is 2.46. The van der Waals surface area contributed by atoms with Crippen LogP contribution in [0.5, 0.6) is 0 Å². The zero-order valence-corrected chi connectivity index (χ0v) is 9.03. The number of rotatable bonds is 2. The number of para-hydroxylation sites is 1. The molecule has 0 unspecified atom stereocenters. The van der Waals surface area contributed by atoms with E-state index >= 15 is 0 Å². The van der Waals surface area contributed by atoms with Crippen molar-refractivity contribution in [2.24, 2.45) is 0 Å². The van der Waals surface area contributed by atoms with Crippen molar-refractivity contribution in [2.45, 2.75) is 13.3 Å². The molecule has 1 aliphatic rings. The largest absolute Gasteiger partial charge is 0.357 e. The van der Waals surface area contributed by atoms with Gasteiger partial charge in [-0.2, -0.15) is 0 Å². The van der Waals surface area contributed by atoms with Gasteiger partial charge < -0.3 is 4.90 Å². The van der Waals surface area contributed by atoms with E-state index in [0.717, 1.165) is 19.6 Å². The molecular weight excluding hydrogens is 172 g/mol. The van der Waals surface area contributed by atoms with Crippen molar-refractivity contribution in [2.75, 3.05) is 31.7 Å². The number of nitrogens with zero attached hydrogens (tertiary/aromatic N) is 2. The van der Waals surface area contributed by atoms with Crippen molar-refractivity contribution >= 4 is 5.69 Å². The van der Waals surface area contributed by atoms with E-state index in [2.05, 4.69) is 48.0 Å². The second-order valence-corrected chi connectivity index (χ2v) is 3.97. The zero-order chi connectivity index (χ0) is 9.97. The summed E-state index contributed by atoms with van der Waals surface area (Å²) < 4.78 is 0. The third-order valence-corrected chi connectivity index (χ3v) is 2.88. The van der Waals surface area contributed by atoms with Crippen LogP contribution >= 0.6 is 0 Å². The molecule has 0 aromatic heterocycles. The Kier molecular flexibility index (Phi) is 2.73. The Bertz CT molecular complexity index is 309. The molecule has 1 aromatic carbocycles. The number of benzene rings is 1. The van der Waals surface area contributed by atoms with Crippen molar-refractivity contribution in [3.63, 3.8) is 0 Å². The Labute approximate surface area is 86.1 Å². The molecular formula is C12H18N2. The van der Waals surface area contributed by atoms with Crippen LogP contribution in [0.25, 0.3) is 0 Å². The van der Waals surface area contributed by atoms with E-state index < -0.39 is 0 Å². The summed E-state index contributed by atoms with van der Waals surface area (Å²) in [6.07, 6.45) is 1.12. The second kappa shape index (κ2) is 4.01. The van der Waals surface area contributed by atoms with Gasteiger partial charge in [0, 0.05) is 18.8 Å². The molecule has 1 aliphatic heterocycles. The van der Waals surface area contributed by atoms with Gasteiger partial charge in [-0.15, -0.1) is 0 Å². The standard InChI is InChI=1S/C12H18N2/c1-3-11-6-4-5-7-12(11)14-9-8-13(2)10-14/h4-7H,3,8-10H2,1-2H3. The van der Waals surface area contributed by atoms with Crippen LogP contribution in [0.2, 0.25) is 0 Å². The van der Waals surface area contributed by atoms with Crippen LogP contribution in [0.4, 0.5) is 5.69 Å². The summed E-state index contributed by atoms with van der Waals surface area (Å²) in [4.78, 5) is 4.81. The third-order valence-electron chi connectivity index (χ3n) is 2.88. The molecule has 1 aromatic rings. The van der Waals surface area contributed by atoms with Gasteiger partial charge in [0.1, 0.15) is 0 Å². The molecule has 14 heavy (non-hydrogen) atoms. The average molecular weight is 190 g/mol. The van der Waals surface area contributed by atoms with Gasteiger partial charge in [-0.3, -0.25) is 4.90 Å². The van der Waals surface area contributed by atoms with Crippen molar-refractivity contribution in [3.8, 4) is 0 Å². The van der Waals surface area contributed by atoms with Crippen LogP contribution in [0.1, 0.15) is 12.5 Å². The molecule has 0 amide bonds. The highest BCUT2D eigenvalue weighted by Gasteiger charge is 2.17. The molecule has 76 valence electrons. The minimum absolute atomic E-state index is 1.07. The van der Waals surface area contributed by atoms with Crippen LogP contribution in [0.15, 0.2) is 24.3 Å². The van der Waals surface area contributed by atoms with Gasteiger partial charge in [0.15, 0.2) is 0 Å². The van der Waals surface area contributed by atoms with Gasteiger partial charge in [-0.1, -0.05) is 25.1 Å². The number of hydrogen-bond acceptors (Lipinski definition) is 2. The highest BCUT2D eigenvalue weighted by atomic mass is 15.4. The lowest BCUT2D eigenvalue weighted by atomic mass is 10.1. The zero-order valence-electron chi connectivity index (χ0n) is 9.03.